The number of hydrazone groups is 1. The van der Waals surface area contributed by atoms with E-state index >= 15 is 0 Å². The van der Waals surface area contributed by atoms with E-state index in [4.69, 9.17) is 10.9 Å². The second kappa shape index (κ2) is 8.96. The number of nitrogens with one attached hydrogen (secondary N) is 2. The van der Waals surface area contributed by atoms with Crippen LogP contribution < -0.4 is 16.5 Å². The third kappa shape index (κ3) is 5.38. The highest BCUT2D eigenvalue weighted by Crippen LogP contribution is 2.40. The Bertz CT molecular complexity index is 942. The second-order valence-electron chi connectivity index (χ2n) is 6.73. The first-order chi connectivity index (χ1) is 14.0. The molecule has 2 unspecified atom stereocenters. The molecule has 0 aliphatic heterocycles. The van der Waals surface area contributed by atoms with Crippen LogP contribution in [0.25, 0.3) is 0 Å². The standard InChI is InChI=1S/C20H21N5O4/c21-23-11-12-3-6-14(7-4-12)24-19(28)15-10-16(15)20(29)25-18-13(2-1-9-22-18)5-8-17(26)27/h1-4,6-7,9,11,15-16H,5,8,10,21H2,(H,24,28)(H,26,27)(H,22,25,29). The minimum Gasteiger partial charge on any atom is -0.481 e. The van der Waals surface area contributed by atoms with Gasteiger partial charge in [0.15, 0.2) is 0 Å². The number of nitrogens with two attached hydrogens (primary N) is 1. The summed E-state index contributed by atoms with van der Waals surface area (Å²) in [6, 6.07) is 10.4. The fourth-order valence-corrected chi connectivity index (χ4v) is 2.95. The highest BCUT2D eigenvalue weighted by molar-refractivity contribution is 6.03. The van der Waals surface area contributed by atoms with Crippen molar-refractivity contribution in [2.45, 2.75) is 19.3 Å². The number of benzene rings is 1. The zero-order chi connectivity index (χ0) is 20.8. The number of carbonyl (C=O) groups excluding carboxylic acids is 2. The first kappa shape index (κ1) is 20.0. The van der Waals surface area contributed by atoms with E-state index in [0.29, 0.717) is 23.5 Å². The van der Waals surface area contributed by atoms with Crippen LogP contribution in [0.4, 0.5) is 11.5 Å². The Morgan fingerprint density at radius 3 is 2.48 bits per heavy atom. The van der Waals surface area contributed by atoms with Crippen LogP contribution >= 0.6 is 0 Å². The molecular formula is C20H21N5O4. The summed E-state index contributed by atoms with van der Waals surface area (Å²) in [6.45, 7) is 0. The Balaban J connectivity index is 1.55. The molecule has 0 saturated heterocycles. The molecule has 0 radical (unpaired) electrons. The number of aliphatic carboxylic acids is 1. The van der Waals surface area contributed by atoms with Crippen molar-refractivity contribution in [3.63, 3.8) is 0 Å². The molecular weight excluding hydrogens is 374 g/mol. The third-order valence-electron chi connectivity index (χ3n) is 4.61. The minimum absolute atomic E-state index is 0.0566. The number of carboxylic acids is 1. The van der Waals surface area contributed by atoms with Gasteiger partial charge in [-0.1, -0.05) is 18.2 Å². The summed E-state index contributed by atoms with van der Waals surface area (Å²) in [5.41, 5.74) is 2.07. The number of rotatable bonds is 8. The second-order valence-corrected chi connectivity index (χ2v) is 6.73. The number of amides is 2. The number of anilines is 2. The molecule has 29 heavy (non-hydrogen) atoms. The van der Waals surface area contributed by atoms with Crippen molar-refractivity contribution in [1.82, 2.24) is 4.98 Å². The summed E-state index contributed by atoms with van der Waals surface area (Å²) in [6.07, 6.45) is 3.68. The van der Waals surface area contributed by atoms with Crippen molar-refractivity contribution < 1.29 is 19.5 Å². The number of aromatic nitrogens is 1. The lowest BCUT2D eigenvalue weighted by Gasteiger charge is -2.09. The van der Waals surface area contributed by atoms with E-state index in [2.05, 4.69) is 20.7 Å². The predicted molar refractivity (Wildman–Crippen MR) is 107 cm³/mol. The fourth-order valence-electron chi connectivity index (χ4n) is 2.95. The molecule has 1 aromatic carbocycles. The highest BCUT2D eigenvalue weighted by atomic mass is 16.4. The molecule has 150 valence electrons. The van der Waals surface area contributed by atoms with Gasteiger partial charge in [-0.3, -0.25) is 14.4 Å². The first-order valence-corrected chi connectivity index (χ1v) is 9.08. The summed E-state index contributed by atoms with van der Waals surface area (Å²) in [5.74, 6) is 3.14. The third-order valence-corrected chi connectivity index (χ3v) is 4.61. The Hall–Kier alpha value is -3.75. The number of aryl methyl sites for hydroxylation is 1. The lowest BCUT2D eigenvalue weighted by Crippen LogP contribution is -2.21. The van der Waals surface area contributed by atoms with Gasteiger partial charge in [0.2, 0.25) is 11.8 Å². The smallest absolute Gasteiger partial charge is 0.303 e. The molecule has 2 amide bonds. The van der Waals surface area contributed by atoms with Crippen molar-refractivity contribution in [2.24, 2.45) is 22.8 Å². The quantitative estimate of drug-likeness (QED) is 0.303. The lowest BCUT2D eigenvalue weighted by molar-refractivity contribution is -0.137. The predicted octanol–water partition coefficient (Wildman–Crippen LogP) is 1.60. The van der Waals surface area contributed by atoms with Crippen LogP contribution in [-0.4, -0.2) is 34.1 Å². The minimum atomic E-state index is -0.923. The molecule has 2 aromatic rings. The van der Waals surface area contributed by atoms with Crippen LogP contribution in [0.1, 0.15) is 24.0 Å². The van der Waals surface area contributed by atoms with Crippen LogP contribution in [0, 0.1) is 11.8 Å². The molecule has 1 fully saturated rings. The molecule has 3 rings (SSSR count). The summed E-state index contributed by atoms with van der Waals surface area (Å²) in [7, 11) is 0. The lowest BCUT2D eigenvalue weighted by atomic mass is 10.1. The van der Waals surface area contributed by atoms with E-state index in [-0.39, 0.29) is 24.7 Å². The molecule has 9 nitrogen and oxygen atoms in total. The fraction of sp³-hybridized carbons (Fsp3) is 0.250. The monoisotopic (exact) mass is 395 g/mol. The highest BCUT2D eigenvalue weighted by Gasteiger charge is 2.48. The van der Waals surface area contributed by atoms with Crippen LogP contribution in [0.2, 0.25) is 0 Å². The normalized spacial score (nSPS) is 17.7. The van der Waals surface area contributed by atoms with E-state index in [1.165, 1.54) is 12.4 Å². The molecule has 1 aromatic heterocycles. The summed E-state index contributed by atoms with van der Waals surface area (Å²) < 4.78 is 0. The van der Waals surface area contributed by atoms with Crippen molar-refractivity contribution in [1.29, 1.82) is 0 Å². The van der Waals surface area contributed by atoms with Crippen LogP contribution in [0.5, 0.6) is 0 Å². The number of hydrogen-bond donors (Lipinski definition) is 4. The molecule has 1 saturated carbocycles. The number of carboxylic acid groups (broad SMARTS) is 1. The summed E-state index contributed by atoms with van der Waals surface area (Å²) in [5, 5.41) is 17.8. The van der Waals surface area contributed by atoms with Gasteiger partial charge < -0.3 is 21.6 Å². The maximum Gasteiger partial charge on any atom is 0.303 e. The van der Waals surface area contributed by atoms with Crippen molar-refractivity contribution >= 4 is 35.5 Å². The van der Waals surface area contributed by atoms with E-state index in [1.54, 1.807) is 36.4 Å². The molecule has 0 spiro atoms. The van der Waals surface area contributed by atoms with Gasteiger partial charge in [-0.05, 0) is 42.2 Å². The van der Waals surface area contributed by atoms with Gasteiger partial charge in [0.1, 0.15) is 5.82 Å². The Morgan fingerprint density at radius 1 is 1.14 bits per heavy atom. The van der Waals surface area contributed by atoms with E-state index in [9.17, 15) is 14.4 Å². The Labute approximate surface area is 167 Å². The average molecular weight is 395 g/mol. The van der Waals surface area contributed by atoms with E-state index < -0.39 is 17.8 Å². The van der Waals surface area contributed by atoms with Gasteiger partial charge in [0, 0.05) is 18.3 Å². The zero-order valence-electron chi connectivity index (χ0n) is 15.5. The van der Waals surface area contributed by atoms with Crippen LogP contribution in [0.15, 0.2) is 47.7 Å². The average Bonchev–Trinajstić information content (AvgIpc) is 3.50. The van der Waals surface area contributed by atoms with Gasteiger partial charge in [-0.25, -0.2) is 4.98 Å². The summed E-state index contributed by atoms with van der Waals surface area (Å²) in [4.78, 5) is 39.8. The van der Waals surface area contributed by atoms with Crippen molar-refractivity contribution in [3.05, 3.63) is 53.7 Å². The summed E-state index contributed by atoms with van der Waals surface area (Å²) >= 11 is 0. The maximum absolute atomic E-state index is 12.5. The Kier molecular flexibility index (Phi) is 6.18. The van der Waals surface area contributed by atoms with Gasteiger partial charge in [0.05, 0.1) is 18.1 Å². The largest absolute Gasteiger partial charge is 0.481 e. The SMILES string of the molecule is NN=Cc1ccc(NC(=O)C2CC2C(=O)Nc2ncccc2CCC(=O)O)cc1. The Morgan fingerprint density at radius 2 is 1.83 bits per heavy atom. The van der Waals surface area contributed by atoms with Gasteiger partial charge in [-0.15, -0.1) is 0 Å². The van der Waals surface area contributed by atoms with Gasteiger partial charge in [0.25, 0.3) is 0 Å². The van der Waals surface area contributed by atoms with Crippen molar-refractivity contribution in [2.75, 3.05) is 10.6 Å². The topological polar surface area (TPSA) is 147 Å². The van der Waals surface area contributed by atoms with E-state index in [0.717, 1.165) is 5.56 Å². The molecule has 2 atom stereocenters. The van der Waals surface area contributed by atoms with E-state index in [1.807, 2.05) is 0 Å². The van der Waals surface area contributed by atoms with Gasteiger partial charge >= 0.3 is 5.97 Å². The molecule has 1 aliphatic carbocycles. The van der Waals surface area contributed by atoms with Crippen LogP contribution in [0.3, 0.4) is 0 Å². The molecule has 1 heterocycles. The zero-order valence-corrected chi connectivity index (χ0v) is 15.5. The van der Waals surface area contributed by atoms with Crippen LogP contribution in [-0.2, 0) is 20.8 Å². The molecule has 0 bridgehead atoms. The number of carbonyl (C=O) groups is 3. The number of nitrogens with zero attached hydrogens (tertiary/aromatic N) is 2. The number of hydrogen-bond acceptors (Lipinski definition) is 6. The first-order valence-electron chi connectivity index (χ1n) is 9.08. The number of pyridine rings is 1. The molecule has 1 aliphatic rings. The molecule has 5 N–H and O–H groups in total. The van der Waals surface area contributed by atoms with Gasteiger partial charge in [-0.2, -0.15) is 5.10 Å². The van der Waals surface area contributed by atoms with Crippen molar-refractivity contribution in [3.8, 4) is 0 Å². The maximum atomic E-state index is 12.5. The molecule has 9 heteroatoms.